The van der Waals surface area contributed by atoms with Crippen LogP contribution in [-0.2, 0) is 17.9 Å². The summed E-state index contributed by atoms with van der Waals surface area (Å²) < 4.78 is 5.78. The molecule has 0 bridgehead atoms. The third-order valence-electron chi connectivity index (χ3n) is 4.78. The lowest BCUT2D eigenvalue weighted by Gasteiger charge is -2.14. The highest BCUT2D eigenvalue weighted by Gasteiger charge is 2.35. The van der Waals surface area contributed by atoms with Crippen LogP contribution in [0, 0.1) is 0 Å². The van der Waals surface area contributed by atoms with Crippen molar-refractivity contribution in [1.82, 2.24) is 4.90 Å². The highest BCUT2D eigenvalue weighted by atomic mass is 35.5. The minimum atomic E-state index is -0.380. The molecular weight excluding hydrogens is 489 g/mol. The lowest BCUT2D eigenvalue weighted by molar-refractivity contribution is -0.123. The number of imide groups is 1. The number of nitrogens with zero attached hydrogens (tertiary/aromatic N) is 1. The van der Waals surface area contributed by atoms with Crippen LogP contribution in [0.3, 0.4) is 0 Å². The molecule has 8 heteroatoms. The molecule has 0 spiro atoms. The summed E-state index contributed by atoms with van der Waals surface area (Å²) in [6.07, 6.45) is 1.68. The number of amides is 2. The number of hydrogen-bond acceptors (Lipinski definition) is 4. The third kappa shape index (κ3) is 5.13. The van der Waals surface area contributed by atoms with Crippen molar-refractivity contribution in [3.63, 3.8) is 0 Å². The first-order chi connectivity index (χ1) is 15.4. The number of carbonyl (C=O) groups is 2. The molecule has 0 aromatic heterocycles. The molecular formula is C24H16Cl3NO3S. The van der Waals surface area contributed by atoms with Crippen molar-refractivity contribution in [3.8, 4) is 5.75 Å². The van der Waals surface area contributed by atoms with Gasteiger partial charge in [0, 0.05) is 26.2 Å². The van der Waals surface area contributed by atoms with Crippen molar-refractivity contribution >= 4 is 63.8 Å². The van der Waals surface area contributed by atoms with E-state index >= 15 is 0 Å². The molecule has 3 aromatic carbocycles. The van der Waals surface area contributed by atoms with Gasteiger partial charge >= 0.3 is 0 Å². The van der Waals surface area contributed by atoms with Crippen LogP contribution in [0.15, 0.2) is 71.6 Å². The van der Waals surface area contributed by atoms with Gasteiger partial charge in [0.15, 0.2) is 0 Å². The van der Waals surface area contributed by atoms with Crippen molar-refractivity contribution in [3.05, 3.63) is 103 Å². The molecule has 0 N–H and O–H groups in total. The minimum Gasteiger partial charge on any atom is -0.489 e. The SMILES string of the molecule is O=C1S/C(=C\c2ccc(OCc3ccccc3Cl)cc2)C(=O)N1Cc1c(Cl)cccc1Cl. The summed E-state index contributed by atoms with van der Waals surface area (Å²) in [7, 11) is 0. The number of carbonyl (C=O) groups excluding carboxylic acids is 2. The Balaban J connectivity index is 1.44. The van der Waals surface area contributed by atoms with Gasteiger partial charge in [-0.2, -0.15) is 0 Å². The van der Waals surface area contributed by atoms with Gasteiger partial charge in [0.1, 0.15) is 12.4 Å². The second-order valence-electron chi connectivity index (χ2n) is 6.92. The Labute approximate surface area is 204 Å². The van der Waals surface area contributed by atoms with Gasteiger partial charge in [0.2, 0.25) is 0 Å². The summed E-state index contributed by atoms with van der Waals surface area (Å²) in [6.45, 7) is 0.373. The summed E-state index contributed by atoms with van der Waals surface area (Å²) >= 11 is 19.4. The van der Waals surface area contributed by atoms with E-state index in [2.05, 4.69) is 0 Å². The van der Waals surface area contributed by atoms with E-state index in [1.807, 2.05) is 36.4 Å². The van der Waals surface area contributed by atoms with Crippen LogP contribution in [0.25, 0.3) is 6.08 Å². The molecule has 4 nitrogen and oxygen atoms in total. The fourth-order valence-electron chi connectivity index (χ4n) is 3.07. The predicted molar refractivity (Wildman–Crippen MR) is 130 cm³/mol. The predicted octanol–water partition coefficient (Wildman–Crippen LogP) is 7.46. The summed E-state index contributed by atoms with van der Waals surface area (Å²) in [5, 5.41) is 1.11. The molecule has 1 fully saturated rings. The molecule has 0 aliphatic carbocycles. The first-order valence-corrected chi connectivity index (χ1v) is 11.5. The Hall–Kier alpha value is -2.44. The normalized spacial score (nSPS) is 15.0. The summed E-state index contributed by atoms with van der Waals surface area (Å²) in [4.78, 5) is 26.7. The molecule has 0 unspecified atom stereocenters. The fourth-order valence-corrected chi connectivity index (χ4v) is 4.61. The Bertz CT molecular complexity index is 1190. The lowest BCUT2D eigenvalue weighted by Crippen LogP contribution is -2.27. The quantitative estimate of drug-likeness (QED) is 0.327. The average Bonchev–Trinajstić information content (AvgIpc) is 3.04. The lowest BCUT2D eigenvalue weighted by atomic mass is 10.2. The van der Waals surface area contributed by atoms with Crippen LogP contribution in [-0.4, -0.2) is 16.0 Å². The smallest absolute Gasteiger partial charge is 0.293 e. The molecule has 162 valence electrons. The number of benzene rings is 3. The van der Waals surface area contributed by atoms with E-state index in [4.69, 9.17) is 39.5 Å². The molecule has 4 rings (SSSR count). The van der Waals surface area contributed by atoms with Crippen molar-refractivity contribution in [2.45, 2.75) is 13.2 Å². The van der Waals surface area contributed by atoms with E-state index in [9.17, 15) is 9.59 Å². The number of rotatable bonds is 6. The highest BCUT2D eigenvalue weighted by Crippen LogP contribution is 2.35. The van der Waals surface area contributed by atoms with Gasteiger partial charge in [0.25, 0.3) is 11.1 Å². The molecule has 0 saturated carbocycles. The summed E-state index contributed by atoms with van der Waals surface area (Å²) in [6, 6.07) is 19.8. The van der Waals surface area contributed by atoms with Crippen molar-refractivity contribution in [2.75, 3.05) is 0 Å². The van der Waals surface area contributed by atoms with Gasteiger partial charge in [0.05, 0.1) is 11.4 Å². The molecule has 2 amide bonds. The number of halogens is 3. The van der Waals surface area contributed by atoms with Gasteiger partial charge in [-0.3, -0.25) is 14.5 Å². The number of hydrogen-bond donors (Lipinski definition) is 0. The summed E-state index contributed by atoms with van der Waals surface area (Å²) in [5.41, 5.74) is 2.21. The topological polar surface area (TPSA) is 46.6 Å². The Kier molecular flexibility index (Phi) is 7.11. The zero-order chi connectivity index (χ0) is 22.7. The number of thioether (sulfide) groups is 1. The van der Waals surface area contributed by atoms with Crippen LogP contribution in [0.2, 0.25) is 15.1 Å². The van der Waals surface area contributed by atoms with E-state index in [1.54, 1.807) is 36.4 Å². The van der Waals surface area contributed by atoms with E-state index in [0.29, 0.717) is 37.9 Å². The van der Waals surface area contributed by atoms with Gasteiger partial charge in [-0.25, -0.2) is 0 Å². The molecule has 3 aromatic rings. The van der Waals surface area contributed by atoms with E-state index in [0.717, 1.165) is 27.8 Å². The molecule has 1 heterocycles. The van der Waals surface area contributed by atoms with Crippen molar-refractivity contribution in [1.29, 1.82) is 0 Å². The van der Waals surface area contributed by atoms with Gasteiger partial charge in [-0.1, -0.05) is 71.2 Å². The average molecular weight is 505 g/mol. The Morgan fingerprint density at radius 2 is 1.50 bits per heavy atom. The second-order valence-corrected chi connectivity index (χ2v) is 9.13. The van der Waals surface area contributed by atoms with Crippen molar-refractivity contribution < 1.29 is 14.3 Å². The molecule has 1 aliphatic heterocycles. The second kappa shape index (κ2) is 10.0. The summed E-state index contributed by atoms with van der Waals surface area (Å²) in [5.74, 6) is 0.290. The first kappa shape index (κ1) is 22.7. The van der Waals surface area contributed by atoms with Crippen molar-refractivity contribution in [2.24, 2.45) is 0 Å². The number of ether oxygens (including phenoxy) is 1. The maximum Gasteiger partial charge on any atom is 0.293 e. The van der Waals surface area contributed by atoms with Gasteiger partial charge in [-0.05, 0) is 53.7 Å². The monoisotopic (exact) mass is 503 g/mol. The Morgan fingerprint density at radius 1 is 0.844 bits per heavy atom. The molecule has 0 atom stereocenters. The largest absolute Gasteiger partial charge is 0.489 e. The van der Waals surface area contributed by atoms with Crippen LogP contribution in [0.4, 0.5) is 4.79 Å². The Morgan fingerprint density at radius 3 is 2.19 bits per heavy atom. The van der Waals surface area contributed by atoms with Gasteiger partial charge < -0.3 is 4.74 Å². The van der Waals surface area contributed by atoms with E-state index in [-0.39, 0.29) is 17.7 Å². The van der Waals surface area contributed by atoms with E-state index < -0.39 is 0 Å². The van der Waals surface area contributed by atoms with Gasteiger partial charge in [-0.15, -0.1) is 0 Å². The highest BCUT2D eigenvalue weighted by molar-refractivity contribution is 8.18. The van der Waals surface area contributed by atoms with Crippen LogP contribution in [0.5, 0.6) is 5.75 Å². The van der Waals surface area contributed by atoms with Crippen LogP contribution < -0.4 is 4.74 Å². The standard InChI is InChI=1S/C24H16Cl3NO3S/c25-19-5-2-1-4-16(19)14-31-17-10-8-15(9-11-17)12-22-23(29)28(24(30)32-22)13-18-20(26)6-3-7-21(18)27/h1-12H,13-14H2/b22-12-. The minimum absolute atomic E-state index is 0.0232. The maximum absolute atomic E-state index is 12.8. The maximum atomic E-state index is 12.8. The van der Waals surface area contributed by atoms with Crippen LogP contribution >= 0.6 is 46.6 Å². The third-order valence-corrected chi connectivity index (χ3v) is 6.77. The molecule has 0 radical (unpaired) electrons. The molecule has 1 aliphatic rings. The zero-order valence-corrected chi connectivity index (χ0v) is 19.6. The zero-order valence-electron chi connectivity index (χ0n) is 16.6. The first-order valence-electron chi connectivity index (χ1n) is 9.57. The van der Waals surface area contributed by atoms with E-state index in [1.165, 1.54) is 0 Å². The molecule has 32 heavy (non-hydrogen) atoms. The van der Waals surface area contributed by atoms with Crippen LogP contribution in [0.1, 0.15) is 16.7 Å². The fraction of sp³-hybridized carbons (Fsp3) is 0.0833. The molecule has 1 saturated heterocycles.